The number of hydrogen-bond acceptors (Lipinski definition) is 5. The highest BCUT2D eigenvalue weighted by molar-refractivity contribution is 6.42. The van der Waals surface area contributed by atoms with Gasteiger partial charge in [0.05, 0.1) is 25.3 Å². The molecule has 40 heavy (non-hydrogen) atoms. The van der Waals surface area contributed by atoms with Crippen molar-refractivity contribution in [3.8, 4) is 0 Å². The number of carboxylic acids is 1. The Morgan fingerprint density at radius 2 is 1.93 bits per heavy atom. The number of likely N-dealkylation sites (N-methyl/N-ethyl adjacent to an activating group) is 1. The fourth-order valence-corrected chi connectivity index (χ4v) is 5.50. The van der Waals surface area contributed by atoms with Crippen molar-refractivity contribution >= 4 is 29.3 Å². The first-order chi connectivity index (χ1) is 19.0. The Morgan fingerprint density at radius 3 is 2.52 bits per heavy atom. The van der Waals surface area contributed by atoms with Gasteiger partial charge in [-0.1, -0.05) is 23.3 Å². The zero-order chi connectivity index (χ0) is 28.8. The SMILES string of the molecule is CCN1C(=O)[C@H](NC(=O)c2cccc(C(F)(F)F)c2)[C@H](c2ccc(F)cc2)C2C(C(=O)O)=N[N+]([C@@H]3CCOC3)=C21. The Hall–Kier alpha value is -4.13. The molecule has 9 nitrogen and oxygen atoms in total. The summed E-state index contributed by atoms with van der Waals surface area (Å²) < 4.78 is 60.7. The molecule has 210 valence electrons. The molecule has 2 amide bonds. The standard InChI is InChI=1S/C27H24F4N4O5/c1-2-34-24-20(22(26(38)39)33-35(24)18-10-11-40-13-18)19(14-6-8-17(28)9-7-14)21(25(34)37)32-23(36)15-4-3-5-16(12-15)27(29,30)31/h3-9,12,18-21H,2,10-11,13H2,1H3,(H-,32,36,38,39)/p+1/t18-,19-,20?,21-/m1/s1. The van der Waals surface area contributed by atoms with Gasteiger partial charge in [-0.05, 0) is 42.8 Å². The van der Waals surface area contributed by atoms with Crippen molar-refractivity contribution in [3.63, 3.8) is 0 Å². The van der Waals surface area contributed by atoms with Gasteiger partial charge in [-0.3, -0.25) is 4.79 Å². The lowest BCUT2D eigenvalue weighted by Gasteiger charge is -2.37. The number of hydrazone groups is 1. The summed E-state index contributed by atoms with van der Waals surface area (Å²) in [5, 5.41) is 17.1. The van der Waals surface area contributed by atoms with E-state index in [2.05, 4.69) is 10.4 Å². The molecule has 2 saturated heterocycles. The van der Waals surface area contributed by atoms with E-state index in [1.54, 1.807) is 6.92 Å². The number of nitrogens with one attached hydrogen (secondary N) is 1. The quantitative estimate of drug-likeness (QED) is 0.416. The lowest BCUT2D eigenvalue weighted by molar-refractivity contribution is -0.571. The summed E-state index contributed by atoms with van der Waals surface area (Å²) in [5.74, 6) is -5.25. The van der Waals surface area contributed by atoms with Crippen molar-refractivity contribution in [1.29, 1.82) is 0 Å². The van der Waals surface area contributed by atoms with Gasteiger partial charge in [0.25, 0.3) is 11.7 Å². The normalized spacial score (nSPS) is 24.7. The molecule has 13 heteroatoms. The van der Waals surface area contributed by atoms with Gasteiger partial charge >= 0.3 is 18.1 Å². The predicted molar refractivity (Wildman–Crippen MR) is 132 cm³/mol. The van der Waals surface area contributed by atoms with Crippen molar-refractivity contribution < 1.29 is 46.5 Å². The number of hydrogen-bond donors (Lipinski definition) is 2. The van der Waals surface area contributed by atoms with Crippen LogP contribution < -0.4 is 5.32 Å². The highest BCUT2D eigenvalue weighted by Gasteiger charge is 2.60. The molecule has 3 aliphatic rings. The fourth-order valence-electron chi connectivity index (χ4n) is 5.50. The summed E-state index contributed by atoms with van der Waals surface area (Å²) in [7, 11) is 0. The van der Waals surface area contributed by atoms with Crippen molar-refractivity contribution in [2.24, 2.45) is 11.0 Å². The van der Waals surface area contributed by atoms with Crippen LogP contribution in [0.4, 0.5) is 17.6 Å². The fraction of sp³-hybridized carbons (Fsp3) is 0.370. The van der Waals surface area contributed by atoms with Gasteiger partial charge in [-0.15, -0.1) is 4.68 Å². The minimum Gasteiger partial charge on any atom is -0.477 e. The van der Waals surface area contributed by atoms with E-state index in [1.807, 2.05) is 0 Å². The Balaban J connectivity index is 1.63. The third-order valence-electron chi connectivity index (χ3n) is 7.33. The number of halogens is 4. The zero-order valence-electron chi connectivity index (χ0n) is 21.2. The molecule has 1 unspecified atom stereocenters. The van der Waals surface area contributed by atoms with Crippen LogP contribution >= 0.6 is 0 Å². The van der Waals surface area contributed by atoms with Crippen LogP contribution in [0, 0.1) is 11.7 Å². The highest BCUT2D eigenvalue weighted by Crippen LogP contribution is 2.40. The number of ether oxygens (including phenoxy) is 1. The molecule has 2 fully saturated rings. The molecule has 2 aromatic rings. The maximum atomic E-state index is 14.0. The number of alkyl halides is 3. The summed E-state index contributed by atoms with van der Waals surface area (Å²) >= 11 is 0. The molecule has 0 bridgehead atoms. The smallest absolute Gasteiger partial charge is 0.416 e. The Labute approximate surface area is 225 Å². The monoisotopic (exact) mass is 561 g/mol. The maximum Gasteiger partial charge on any atom is 0.416 e. The predicted octanol–water partition coefficient (Wildman–Crippen LogP) is 2.86. The minimum atomic E-state index is -4.69. The number of benzene rings is 2. The number of amidine groups is 1. The molecule has 0 radical (unpaired) electrons. The van der Waals surface area contributed by atoms with Gasteiger partial charge in [0, 0.05) is 17.9 Å². The van der Waals surface area contributed by atoms with E-state index in [-0.39, 0.29) is 30.5 Å². The van der Waals surface area contributed by atoms with Crippen LogP contribution in [0.2, 0.25) is 0 Å². The summed E-state index contributed by atoms with van der Waals surface area (Å²) in [6.45, 7) is 2.46. The second-order valence-corrected chi connectivity index (χ2v) is 9.68. The summed E-state index contributed by atoms with van der Waals surface area (Å²) in [4.78, 5) is 41.0. The van der Waals surface area contributed by atoms with E-state index in [1.165, 1.54) is 27.8 Å². The highest BCUT2D eigenvalue weighted by atomic mass is 19.4. The van der Waals surface area contributed by atoms with Crippen LogP contribution in [0.25, 0.3) is 0 Å². The summed E-state index contributed by atoms with van der Waals surface area (Å²) in [6, 6.07) is 7.09. The lowest BCUT2D eigenvalue weighted by Crippen LogP contribution is -2.63. The number of carbonyl (C=O) groups excluding carboxylic acids is 2. The first kappa shape index (κ1) is 27.4. The number of aliphatic carboxylic acids is 1. The number of rotatable bonds is 6. The average Bonchev–Trinajstić information content (AvgIpc) is 3.58. The van der Waals surface area contributed by atoms with Crippen LogP contribution in [-0.4, -0.2) is 75.9 Å². The second-order valence-electron chi connectivity index (χ2n) is 9.68. The van der Waals surface area contributed by atoms with Crippen LogP contribution in [0.5, 0.6) is 0 Å². The van der Waals surface area contributed by atoms with Crippen LogP contribution in [0.3, 0.4) is 0 Å². The van der Waals surface area contributed by atoms with E-state index in [9.17, 15) is 37.1 Å². The van der Waals surface area contributed by atoms with E-state index < -0.39 is 53.2 Å². The topological polar surface area (TPSA) is 111 Å². The van der Waals surface area contributed by atoms with Gasteiger partial charge in [-0.2, -0.15) is 18.1 Å². The van der Waals surface area contributed by atoms with Crippen LogP contribution in [0.1, 0.15) is 40.7 Å². The first-order valence-corrected chi connectivity index (χ1v) is 12.6. The molecule has 4 atom stereocenters. The molecule has 3 aliphatic heterocycles. The number of fused-ring (bicyclic) bond motifs is 1. The average molecular weight is 562 g/mol. The molecule has 2 N–H and O–H groups in total. The Morgan fingerprint density at radius 1 is 1.20 bits per heavy atom. The summed E-state index contributed by atoms with van der Waals surface area (Å²) in [5.41, 5.74) is -1.30. The zero-order valence-corrected chi connectivity index (χ0v) is 21.2. The molecule has 0 saturated carbocycles. The van der Waals surface area contributed by atoms with Gasteiger partial charge in [0.15, 0.2) is 5.71 Å². The Kier molecular flexibility index (Phi) is 7.17. The van der Waals surface area contributed by atoms with E-state index in [4.69, 9.17) is 4.74 Å². The van der Waals surface area contributed by atoms with Gasteiger partial charge in [-0.25, -0.2) is 14.0 Å². The lowest BCUT2D eigenvalue weighted by atomic mass is 9.73. The van der Waals surface area contributed by atoms with E-state index in [0.29, 0.717) is 30.5 Å². The number of amides is 2. The van der Waals surface area contributed by atoms with E-state index in [0.717, 1.165) is 24.3 Å². The molecule has 2 aromatic carbocycles. The van der Waals surface area contributed by atoms with Crippen LogP contribution in [0.15, 0.2) is 53.6 Å². The molecule has 0 aromatic heterocycles. The van der Waals surface area contributed by atoms with Gasteiger partial charge in [0.1, 0.15) is 23.8 Å². The number of carbonyl (C=O) groups is 3. The first-order valence-electron chi connectivity index (χ1n) is 12.6. The van der Waals surface area contributed by atoms with Crippen molar-refractivity contribution in [2.45, 2.75) is 37.5 Å². The molecule has 0 spiro atoms. The van der Waals surface area contributed by atoms with Gasteiger partial charge in [0.2, 0.25) is 0 Å². The van der Waals surface area contributed by atoms with E-state index >= 15 is 0 Å². The van der Waals surface area contributed by atoms with Crippen molar-refractivity contribution in [2.75, 3.05) is 19.8 Å². The van der Waals surface area contributed by atoms with Crippen molar-refractivity contribution in [3.05, 3.63) is 71.0 Å². The van der Waals surface area contributed by atoms with Crippen LogP contribution in [-0.2, 0) is 20.5 Å². The molecule has 0 aliphatic carbocycles. The molecular weight excluding hydrogens is 536 g/mol. The largest absolute Gasteiger partial charge is 0.477 e. The molecular formula is C27H25F4N4O5+. The third-order valence-corrected chi connectivity index (χ3v) is 7.33. The molecule has 5 rings (SSSR count). The third kappa shape index (κ3) is 4.85. The second kappa shape index (κ2) is 10.5. The summed E-state index contributed by atoms with van der Waals surface area (Å²) in [6.07, 6.45) is -4.16. The van der Waals surface area contributed by atoms with Gasteiger partial charge < -0.3 is 15.2 Å². The number of piperidine rings is 1. The number of nitrogens with zero attached hydrogens (tertiary/aromatic N) is 3. The minimum absolute atomic E-state index is 0.100. The maximum absolute atomic E-state index is 14.0. The number of carboxylic acid groups (broad SMARTS) is 1. The molecule has 3 heterocycles. The van der Waals surface area contributed by atoms with Crippen molar-refractivity contribution in [1.82, 2.24) is 10.2 Å². The number of likely N-dealkylation sites (tertiary alicyclic amines) is 1. The Bertz CT molecular complexity index is 1420.